The molecule has 2 rings (SSSR count). The maximum absolute atomic E-state index is 4.82. The fourth-order valence-electron chi connectivity index (χ4n) is 2.43. The van der Waals surface area contributed by atoms with Crippen molar-refractivity contribution in [3.63, 3.8) is 0 Å². The fraction of sp³-hybridized carbons (Fsp3) is 0.400. The van der Waals surface area contributed by atoms with E-state index in [1.807, 2.05) is 60.7 Å². The summed E-state index contributed by atoms with van der Waals surface area (Å²) >= 11 is 0. The monoisotopic (exact) mass is 512 g/mol. The first-order chi connectivity index (χ1) is 11.7. The van der Waals surface area contributed by atoms with Crippen molar-refractivity contribution in [3.05, 3.63) is 75.9 Å². The molecule has 0 spiro atoms. The summed E-state index contributed by atoms with van der Waals surface area (Å²) in [5.74, 6) is 0. The van der Waals surface area contributed by atoms with Gasteiger partial charge in [-0.05, 0) is 0 Å². The molecule has 0 unspecified atom stereocenters. The largest absolute Gasteiger partial charge is 3.00 e. The van der Waals surface area contributed by atoms with E-state index in [2.05, 4.69) is 49.9 Å². The second-order valence-corrected chi connectivity index (χ2v) is 17.5. The van der Waals surface area contributed by atoms with Crippen molar-refractivity contribution < 1.29 is 40.8 Å². The summed E-state index contributed by atoms with van der Waals surface area (Å²) < 4.78 is 4.82. The molecule has 0 fully saturated rings. The molecule has 2 aromatic rings. The van der Waals surface area contributed by atoms with E-state index < -0.39 is 16.5 Å². The fourth-order valence-corrected chi connectivity index (χ4v) is 10.5. The molecule has 0 aliphatic rings. The molecule has 0 aliphatic heterocycles. The van der Waals surface area contributed by atoms with Crippen LogP contribution >= 0.6 is 0 Å². The Morgan fingerprint density at radius 1 is 0.577 bits per heavy atom. The number of hydrogen-bond donors (Lipinski definition) is 0. The number of para-hydroxylation sites is 2. The molecule has 3 nitrogen and oxygen atoms in total. The van der Waals surface area contributed by atoms with Gasteiger partial charge in [-0.25, -0.2) is 0 Å². The van der Waals surface area contributed by atoms with Crippen LogP contribution in [0.3, 0.4) is 0 Å². The number of benzene rings is 2. The molecule has 0 atom stereocenters. The molecule has 0 amide bonds. The summed E-state index contributed by atoms with van der Waals surface area (Å²) in [5, 5.41) is 8.86. The SMILES string of the molecule is C[Si](C)(C)[N-][Si](C)(C)C.[Nd+3].c1ccc([N-]CC[N-]c2ccccc2)cc1. The van der Waals surface area contributed by atoms with Crippen LogP contribution in [0.1, 0.15) is 0 Å². The summed E-state index contributed by atoms with van der Waals surface area (Å²) in [4.78, 5) is 0. The Morgan fingerprint density at radius 3 is 1.12 bits per heavy atom. The third kappa shape index (κ3) is 14.9. The summed E-state index contributed by atoms with van der Waals surface area (Å²) in [7, 11) is -2.21. The molecule has 6 heteroatoms. The molecule has 0 N–H and O–H groups in total. The van der Waals surface area contributed by atoms with Crippen molar-refractivity contribution in [2.24, 2.45) is 0 Å². The van der Waals surface area contributed by atoms with Gasteiger partial charge in [-0.3, -0.25) is 0 Å². The molecule has 2 aromatic carbocycles. The van der Waals surface area contributed by atoms with Gasteiger partial charge in [0.1, 0.15) is 0 Å². The first-order valence-electron chi connectivity index (χ1n) is 8.85. The average molecular weight is 515 g/mol. The van der Waals surface area contributed by atoms with Gasteiger partial charge < -0.3 is 15.3 Å². The topological polar surface area (TPSA) is 42.3 Å². The third-order valence-corrected chi connectivity index (χ3v) is 8.24. The minimum atomic E-state index is -1.11. The van der Waals surface area contributed by atoms with E-state index in [1.165, 1.54) is 0 Å². The molecule has 0 aliphatic carbocycles. The van der Waals surface area contributed by atoms with E-state index in [-0.39, 0.29) is 40.8 Å². The van der Waals surface area contributed by atoms with Crippen LogP contribution in [0.25, 0.3) is 15.3 Å². The van der Waals surface area contributed by atoms with Crippen molar-refractivity contribution in [1.82, 2.24) is 0 Å². The summed E-state index contributed by atoms with van der Waals surface area (Å²) in [6.45, 7) is 15.3. The Balaban J connectivity index is 0.000000543. The second-order valence-electron chi connectivity index (χ2n) is 7.89. The molecular formula is C20H32N3NdSi2. The van der Waals surface area contributed by atoms with Crippen molar-refractivity contribution in [1.29, 1.82) is 0 Å². The molecule has 0 aromatic heterocycles. The van der Waals surface area contributed by atoms with Crippen LogP contribution in [0, 0.1) is 40.8 Å². The van der Waals surface area contributed by atoms with E-state index in [4.69, 9.17) is 4.65 Å². The molecule has 0 saturated carbocycles. The molecule has 26 heavy (non-hydrogen) atoms. The molecule has 139 valence electrons. The van der Waals surface area contributed by atoms with Gasteiger partial charge in [0.25, 0.3) is 0 Å². The van der Waals surface area contributed by atoms with Gasteiger partial charge in [0.15, 0.2) is 0 Å². The summed E-state index contributed by atoms with van der Waals surface area (Å²) in [6, 6.07) is 20.0. The first kappa shape index (κ1) is 25.8. The molecule has 0 saturated heterocycles. The number of hydrogen-bond acceptors (Lipinski definition) is 0. The van der Waals surface area contributed by atoms with E-state index >= 15 is 0 Å². The van der Waals surface area contributed by atoms with E-state index in [0.717, 1.165) is 24.5 Å². The zero-order chi connectivity index (χ0) is 18.8. The standard InChI is InChI=1S/C14H14N2.C6H18NSi2.Nd/c1-3-7-13(8-4-1)15-11-12-16-14-9-5-2-6-10-14;1-8(2,3)7-9(4,5)6;/h1-10H,11-12H2;1-6H3;/q-2;-1;+3. The van der Waals surface area contributed by atoms with Gasteiger partial charge in [-0.15, -0.1) is 24.5 Å². The predicted molar refractivity (Wildman–Crippen MR) is 119 cm³/mol. The van der Waals surface area contributed by atoms with Gasteiger partial charge in [0.2, 0.25) is 0 Å². The maximum Gasteiger partial charge on any atom is 3.00 e. The predicted octanol–water partition coefficient (Wildman–Crippen LogP) is 7.43. The average Bonchev–Trinajstić information content (AvgIpc) is 2.51. The minimum Gasteiger partial charge on any atom is -0.685 e. The van der Waals surface area contributed by atoms with Gasteiger partial charge >= 0.3 is 40.8 Å². The van der Waals surface area contributed by atoms with Crippen LogP contribution in [-0.4, -0.2) is 29.6 Å². The van der Waals surface area contributed by atoms with E-state index in [9.17, 15) is 0 Å². The van der Waals surface area contributed by atoms with Crippen molar-refractivity contribution in [3.8, 4) is 0 Å². The summed E-state index contributed by atoms with van der Waals surface area (Å²) in [6.07, 6.45) is 0. The Kier molecular flexibility index (Phi) is 12.9. The smallest absolute Gasteiger partial charge is 0.685 e. The normalized spacial score (nSPS) is 10.8. The zero-order valence-electron chi connectivity index (χ0n) is 17.0. The Labute approximate surface area is 195 Å². The van der Waals surface area contributed by atoms with Gasteiger partial charge in [-0.1, -0.05) is 116 Å². The summed E-state index contributed by atoms with van der Waals surface area (Å²) in [5.41, 5.74) is 2.04. The molecular weight excluding hydrogens is 483 g/mol. The Hall–Kier alpha value is -0.216. The van der Waals surface area contributed by atoms with Crippen molar-refractivity contribution >= 4 is 27.8 Å². The van der Waals surface area contributed by atoms with E-state index in [1.54, 1.807) is 0 Å². The molecule has 0 heterocycles. The van der Waals surface area contributed by atoms with Crippen LogP contribution in [0.5, 0.6) is 0 Å². The quantitative estimate of drug-likeness (QED) is 0.272. The minimum absolute atomic E-state index is 0. The van der Waals surface area contributed by atoms with E-state index in [0.29, 0.717) is 0 Å². The number of rotatable bonds is 7. The van der Waals surface area contributed by atoms with Crippen LogP contribution in [0.4, 0.5) is 11.4 Å². The van der Waals surface area contributed by atoms with Crippen LogP contribution in [-0.2, 0) is 0 Å². The maximum atomic E-state index is 4.82. The second kappa shape index (κ2) is 13.0. The van der Waals surface area contributed by atoms with Gasteiger partial charge in [-0.2, -0.15) is 0 Å². The Morgan fingerprint density at radius 2 is 0.885 bits per heavy atom. The van der Waals surface area contributed by atoms with Crippen molar-refractivity contribution in [2.75, 3.05) is 13.1 Å². The van der Waals surface area contributed by atoms with Gasteiger partial charge in [0.05, 0.1) is 0 Å². The third-order valence-electron chi connectivity index (χ3n) is 2.87. The molecule has 0 bridgehead atoms. The Bertz CT molecular complexity index is 528. The van der Waals surface area contributed by atoms with Crippen molar-refractivity contribution in [2.45, 2.75) is 39.3 Å². The van der Waals surface area contributed by atoms with Gasteiger partial charge in [0, 0.05) is 0 Å². The van der Waals surface area contributed by atoms with Crippen LogP contribution in [0.15, 0.2) is 60.7 Å². The first-order valence-corrected chi connectivity index (χ1v) is 15.7. The van der Waals surface area contributed by atoms with Crippen LogP contribution < -0.4 is 0 Å². The molecule has 1 radical (unpaired) electrons. The van der Waals surface area contributed by atoms with Crippen LogP contribution in [0.2, 0.25) is 39.3 Å². The number of nitrogens with zero attached hydrogens (tertiary/aromatic N) is 3. The zero-order valence-corrected chi connectivity index (χ0v) is 22.2.